The van der Waals surface area contributed by atoms with Gasteiger partial charge in [0, 0.05) is 45.1 Å². The molecule has 150 valence electrons. The van der Waals surface area contributed by atoms with Crippen LogP contribution < -0.4 is 10.6 Å². The summed E-state index contributed by atoms with van der Waals surface area (Å²) in [5.74, 6) is -0.832. The van der Waals surface area contributed by atoms with Crippen LogP contribution in [0.1, 0.15) is 36.7 Å². The maximum Gasteiger partial charge on any atom is 0.309 e. The molecule has 6 heteroatoms. The molecular weight excluding hydrogens is 352 g/mol. The first-order valence-corrected chi connectivity index (χ1v) is 9.93. The highest BCUT2D eigenvalue weighted by molar-refractivity contribution is 6.35. The Labute approximate surface area is 166 Å². The number of rotatable bonds is 6. The molecular formula is C22H30N4O2. The Bertz CT molecular complexity index is 827. The van der Waals surface area contributed by atoms with E-state index in [1.165, 1.54) is 11.1 Å². The van der Waals surface area contributed by atoms with Crippen molar-refractivity contribution in [2.45, 2.75) is 32.9 Å². The number of benzene rings is 1. The Morgan fingerprint density at radius 2 is 1.68 bits per heavy atom. The lowest BCUT2D eigenvalue weighted by molar-refractivity contribution is -0.139. The number of amides is 2. The molecule has 28 heavy (non-hydrogen) atoms. The van der Waals surface area contributed by atoms with Gasteiger partial charge in [0.2, 0.25) is 0 Å². The third-order valence-corrected chi connectivity index (χ3v) is 5.26. The van der Waals surface area contributed by atoms with Crippen LogP contribution in [-0.4, -0.2) is 40.9 Å². The van der Waals surface area contributed by atoms with Crippen molar-refractivity contribution in [3.63, 3.8) is 0 Å². The fraction of sp³-hybridized carbons (Fsp3) is 0.455. The van der Waals surface area contributed by atoms with Gasteiger partial charge in [-0.3, -0.25) is 14.5 Å². The van der Waals surface area contributed by atoms with Gasteiger partial charge in [-0.1, -0.05) is 38.1 Å². The van der Waals surface area contributed by atoms with E-state index < -0.39 is 11.8 Å². The van der Waals surface area contributed by atoms with E-state index in [1.54, 1.807) is 0 Å². The molecule has 0 unspecified atom stereocenters. The molecule has 0 bridgehead atoms. The topological polar surface area (TPSA) is 66.4 Å². The van der Waals surface area contributed by atoms with E-state index in [0.717, 1.165) is 25.2 Å². The minimum absolute atomic E-state index is 0.00945. The van der Waals surface area contributed by atoms with E-state index in [0.29, 0.717) is 19.0 Å². The number of fused-ring (bicyclic) bond motifs is 1. The van der Waals surface area contributed by atoms with Crippen molar-refractivity contribution in [1.29, 1.82) is 0 Å². The zero-order valence-corrected chi connectivity index (χ0v) is 16.9. The molecule has 0 spiro atoms. The van der Waals surface area contributed by atoms with Crippen LogP contribution in [0.2, 0.25) is 0 Å². The molecule has 1 aromatic heterocycles. The SMILES string of the molecule is CC(C)CNC(=O)C(=O)NC[C@@H](c1cccn1C)N1CCc2ccccc2C1. The van der Waals surface area contributed by atoms with Crippen molar-refractivity contribution >= 4 is 11.8 Å². The molecule has 1 aliphatic rings. The van der Waals surface area contributed by atoms with Gasteiger partial charge in [-0.15, -0.1) is 0 Å². The van der Waals surface area contributed by atoms with Crippen LogP contribution in [0, 0.1) is 5.92 Å². The highest BCUT2D eigenvalue weighted by Gasteiger charge is 2.27. The van der Waals surface area contributed by atoms with Crippen LogP contribution >= 0.6 is 0 Å². The lowest BCUT2D eigenvalue weighted by Gasteiger charge is -2.36. The molecule has 2 N–H and O–H groups in total. The van der Waals surface area contributed by atoms with Gasteiger partial charge < -0.3 is 15.2 Å². The summed E-state index contributed by atoms with van der Waals surface area (Å²) in [4.78, 5) is 26.6. The second kappa shape index (κ2) is 9.06. The Morgan fingerprint density at radius 1 is 1.00 bits per heavy atom. The predicted octanol–water partition coefficient (Wildman–Crippen LogP) is 2.01. The number of hydrogen-bond donors (Lipinski definition) is 2. The van der Waals surface area contributed by atoms with E-state index in [9.17, 15) is 9.59 Å². The van der Waals surface area contributed by atoms with Gasteiger partial charge in [0.25, 0.3) is 0 Å². The Morgan fingerprint density at radius 3 is 2.32 bits per heavy atom. The zero-order chi connectivity index (χ0) is 20.1. The smallest absolute Gasteiger partial charge is 0.309 e. The van der Waals surface area contributed by atoms with Gasteiger partial charge >= 0.3 is 11.8 Å². The van der Waals surface area contributed by atoms with Crippen molar-refractivity contribution in [2.24, 2.45) is 13.0 Å². The van der Waals surface area contributed by atoms with Crippen molar-refractivity contribution in [3.8, 4) is 0 Å². The van der Waals surface area contributed by atoms with Crippen molar-refractivity contribution < 1.29 is 9.59 Å². The summed E-state index contributed by atoms with van der Waals surface area (Å²) in [6, 6.07) is 12.6. The number of nitrogens with zero attached hydrogens (tertiary/aromatic N) is 2. The van der Waals surface area contributed by atoms with Crippen LogP contribution in [0.15, 0.2) is 42.6 Å². The van der Waals surface area contributed by atoms with Crippen LogP contribution in [0.4, 0.5) is 0 Å². The average Bonchev–Trinajstić information content (AvgIpc) is 3.11. The molecule has 0 saturated heterocycles. The molecule has 2 heterocycles. The maximum atomic E-state index is 12.2. The Balaban J connectivity index is 1.70. The van der Waals surface area contributed by atoms with E-state index in [4.69, 9.17) is 0 Å². The normalized spacial score (nSPS) is 15.1. The standard InChI is InChI=1S/C22H30N4O2/c1-16(2)13-23-21(27)22(28)24-14-20(19-9-6-11-25(19)3)26-12-10-17-7-4-5-8-18(17)15-26/h4-9,11,16,20H,10,12-15H2,1-3H3,(H,23,27)(H,24,28)/t20-/m0/s1. The lowest BCUT2D eigenvalue weighted by Crippen LogP contribution is -2.46. The summed E-state index contributed by atoms with van der Waals surface area (Å²) in [5, 5.41) is 5.51. The van der Waals surface area contributed by atoms with Gasteiger partial charge in [-0.25, -0.2) is 0 Å². The van der Waals surface area contributed by atoms with Gasteiger partial charge in [0.15, 0.2) is 0 Å². The summed E-state index contributed by atoms with van der Waals surface area (Å²) in [5.41, 5.74) is 3.85. The van der Waals surface area contributed by atoms with E-state index in [-0.39, 0.29) is 6.04 Å². The summed E-state index contributed by atoms with van der Waals surface area (Å²) >= 11 is 0. The molecule has 1 aliphatic heterocycles. The first-order chi connectivity index (χ1) is 13.5. The fourth-order valence-electron chi connectivity index (χ4n) is 3.67. The molecule has 1 aromatic carbocycles. The second-order valence-electron chi connectivity index (χ2n) is 7.86. The quantitative estimate of drug-likeness (QED) is 0.751. The average molecular weight is 383 g/mol. The van der Waals surface area contributed by atoms with E-state index >= 15 is 0 Å². The van der Waals surface area contributed by atoms with Crippen LogP contribution in [0.5, 0.6) is 0 Å². The molecule has 2 amide bonds. The highest BCUT2D eigenvalue weighted by atomic mass is 16.2. The minimum atomic E-state index is -0.572. The zero-order valence-electron chi connectivity index (χ0n) is 16.9. The van der Waals surface area contributed by atoms with Crippen LogP contribution in [0.25, 0.3) is 0 Å². The molecule has 0 fully saturated rings. The van der Waals surface area contributed by atoms with Gasteiger partial charge in [-0.2, -0.15) is 0 Å². The highest BCUT2D eigenvalue weighted by Crippen LogP contribution is 2.27. The largest absolute Gasteiger partial charge is 0.353 e. The van der Waals surface area contributed by atoms with E-state index in [2.05, 4.69) is 50.4 Å². The number of carbonyl (C=O) groups excluding carboxylic acids is 2. The number of aromatic nitrogens is 1. The van der Waals surface area contributed by atoms with Crippen LogP contribution in [-0.2, 0) is 29.6 Å². The molecule has 3 rings (SSSR count). The molecule has 2 aromatic rings. The first kappa shape index (κ1) is 20.1. The molecule has 1 atom stereocenters. The molecule has 0 radical (unpaired) electrons. The number of nitrogens with one attached hydrogen (secondary N) is 2. The van der Waals surface area contributed by atoms with Gasteiger partial charge in [0.05, 0.1) is 6.04 Å². The molecule has 0 aliphatic carbocycles. The summed E-state index contributed by atoms with van der Waals surface area (Å²) in [7, 11) is 2.01. The number of aryl methyl sites for hydroxylation is 1. The van der Waals surface area contributed by atoms with Crippen molar-refractivity contribution in [1.82, 2.24) is 20.1 Å². The predicted molar refractivity (Wildman–Crippen MR) is 110 cm³/mol. The van der Waals surface area contributed by atoms with Gasteiger partial charge in [0.1, 0.15) is 0 Å². The number of hydrogen-bond acceptors (Lipinski definition) is 3. The van der Waals surface area contributed by atoms with Crippen molar-refractivity contribution in [3.05, 3.63) is 59.4 Å². The Kier molecular flexibility index (Phi) is 6.52. The summed E-state index contributed by atoms with van der Waals surface area (Å²) in [6.07, 6.45) is 3.00. The summed E-state index contributed by atoms with van der Waals surface area (Å²) < 4.78 is 2.08. The van der Waals surface area contributed by atoms with Gasteiger partial charge in [-0.05, 0) is 35.6 Å². The van der Waals surface area contributed by atoms with Crippen molar-refractivity contribution in [2.75, 3.05) is 19.6 Å². The monoisotopic (exact) mass is 382 g/mol. The van der Waals surface area contributed by atoms with Crippen LogP contribution in [0.3, 0.4) is 0 Å². The third kappa shape index (κ3) is 4.81. The molecule has 6 nitrogen and oxygen atoms in total. The third-order valence-electron chi connectivity index (χ3n) is 5.26. The minimum Gasteiger partial charge on any atom is -0.353 e. The number of carbonyl (C=O) groups is 2. The second-order valence-corrected chi connectivity index (χ2v) is 7.86. The fourth-order valence-corrected chi connectivity index (χ4v) is 3.67. The summed E-state index contributed by atoms with van der Waals surface area (Å²) in [6.45, 7) is 6.64. The molecule has 0 saturated carbocycles. The maximum absolute atomic E-state index is 12.2. The Hall–Kier alpha value is -2.60. The first-order valence-electron chi connectivity index (χ1n) is 9.93. The lowest BCUT2D eigenvalue weighted by atomic mass is 9.98. The van der Waals surface area contributed by atoms with E-state index in [1.807, 2.05) is 33.2 Å².